The van der Waals surface area contributed by atoms with Crippen LogP contribution in [0.1, 0.15) is 46.0 Å². The van der Waals surface area contributed by atoms with Gasteiger partial charge in [0.25, 0.3) is 0 Å². The lowest BCUT2D eigenvalue weighted by Crippen LogP contribution is -2.38. The summed E-state index contributed by atoms with van der Waals surface area (Å²) in [5, 5.41) is 6.24. The van der Waals surface area contributed by atoms with Gasteiger partial charge in [0.15, 0.2) is 0 Å². The number of rotatable bonds is 6. The maximum atomic E-state index is 11.4. The molecule has 1 rings (SSSR count). The molecule has 1 amide bonds. The SMILES string of the molecule is CCCCNC(=O)CNC1CCC(C)C1. The highest BCUT2D eigenvalue weighted by atomic mass is 16.1. The molecule has 0 radical (unpaired) electrons. The Labute approximate surface area is 93.0 Å². The Morgan fingerprint density at radius 3 is 2.80 bits per heavy atom. The van der Waals surface area contributed by atoms with Gasteiger partial charge in [-0.05, 0) is 31.6 Å². The molecule has 15 heavy (non-hydrogen) atoms. The van der Waals surface area contributed by atoms with Crippen LogP contribution in [0.3, 0.4) is 0 Å². The first-order valence-electron chi connectivity index (χ1n) is 6.22. The normalized spacial score (nSPS) is 25.5. The molecule has 0 aromatic rings. The van der Waals surface area contributed by atoms with Crippen LogP contribution in [0, 0.1) is 5.92 Å². The molecule has 2 atom stereocenters. The zero-order valence-corrected chi connectivity index (χ0v) is 10.0. The average molecular weight is 212 g/mol. The van der Waals surface area contributed by atoms with Crippen molar-refractivity contribution < 1.29 is 4.79 Å². The fourth-order valence-electron chi connectivity index (χ4n) is 2.10. The van der Waals surface area contributed by atoms with E-state index in [4.69, 9.17) is 0 Å². The molecule has 1 aliphatic rings. The van der Waals surface area contributed by atoms with Crippen LogP contribution in [0.15, 0.2) is 0 Å². The molecule has 0 aliphatic heterocycles. The second-order valence-corrected chi connectivity index (χ2v) is 4.70. The lowest BCUT2D eigenvalue weighted by Gasteiger charge is -2.12. The van der Waals surface area contributed by atoms with Gasteiger partial charge < -0.3 is 10.6 Å². The predicted molar refractivity (Wildman–Crippen MR) is 62.7 cm³/mol. The van der Waals surface area contributed by atoms with Crippen LogP contribution < -0.4 is 10.6 Å². The van der Waals surface area contributed by atoms with Gasteiger partial charge in [-0.3, -0.25) is 4.79 Å². The van der Waals surface area contributed by atoms with E-state index in [9.17, 15) is 4.79 Å². The Balaban J connectivity index is 2.01. The van der Waals surface area contributed by atoms with Gasteiger partial charge in [0.05, 0.1) is 6.54 Å². The average Bonchev–Trinajstić information content (AvgIpc) is 2.62. The number of unbranched alkanes of at least 4 members (excludes halogenated alkanes) is 1. The summed E-state index contributed by atoms with van der Waals surface area (Å²) >= 11 is 0. The van der Waals surface area contributed by atoms with Crippen LogP contribution in [-0.4, -0.2) is 25.0 Å². The topological polar surface area (TPSA) is 41.1 Å². The fourth-order valence-corrected chi connectivity index (χ4v) is 2.10. The van der Waals surface area contributed by atoms with Crippen molar-refractivity contribution >= 4 is 5.91 Å². The highest BCUT2D eigenvalue weighted by Crippen LogP contribution is 2.24. The van der Waals surface area contributed by atoms with E-state index >= 15 is 0 Å². The first-order chi connectivity index (χ1) is 7.22. The molecule has 88 valence electrons. The summed E-state index contributed by atoms with van der Waals surface area (Å²) in [4.78, 5) is 11.4. The van der Waals surface area contributed by atoms with Crippen LogP contribution in [0.2, 0.25) is 0 Å². The minimum Gasteiger partial charge on any atom is -0.355 e. The molecule has 1 saturated carbocycles. The molecule has 0 bridgehead atoms. The van der Waals surface area contributed by atoms with Crippen LogP contribution in [-0.2, 0) is 4.79 Å². The molecule has 3 nitrogen and oxygen atoms in total. The summed E-state index contributed by atoms with van der Waals surface area (Å²) in [6, 6.07) is 0.567. The lowest BCUT2D eigenvalue weighted by molar-refractivity contribution is -0.120. The van der Waals surface area contributed by atoms with E-state index in [-0.39, 0.29) is 5.91 Å². The zero-order valence-electron chi connectivity index (χ0n) is 10.0. The Morgan fingerprint density at radius 1 is 1.40 bits per heavy atom. The largest absolute Gasteiger partial charge is 0.355 e. The zero-order chi connectivity index (χ0) is 11.1. The molecule has 0 heterocycles. The molecule has 0 aromatic heterocycles. The maximum absolute atomic E-state index is 11.4. The smallest absolute Gasteiger partial charge is 0.233 e. The summed E-state index contributed by atoms with van der Waals surface area (Å²) in [6.45, 7) is 5.71. The molecular weight excluding hydrogens is 188 g/mol. The molecule has 1 fully saturated rings. The van der Waals surface area contributed by atoms with Crippen LogP contribution in [0.25, 0.3) is 0 Å². The molecular formula is C12H24N2O. The van der Waals surface area contributed by atoms with E-state index < -0.39 is 0 Å². The van der Waals surface area contributed by atoms with Crippen molar-refractivity contribution in [2.45, 2.75) is 52.0 Å². The first-order valence-corrected chi connectivity index (χ1v) is 6.22. The van der Waals surface area contributed by atoms with Gasteiger partial charge in [-0.25, -0.2) is 0 Å². The van der Waals surface area contributed by atoms with E-state index in [1.165, 1.54) is 19.3 Å². The first kappa shape index (κ1) is 12.5. The van der Waals surface area contributed by atoms with Crippen molar-refractivity contribution in [1.29, 1.82) is 0 Å². The van der Waals surface area contributed by atoms with Crippen LogP contribution >= 0.6 is 0 Å². The summed E-state index contributed by atoms with van der Waals surface area (Å²) in [5.74, 6) is 0.966. The Morgan fingerprint density at radius 2 is 2.20 bits per heavy atom. The van der Waals surface area contributed by atoms with Gasteiger partial charge in [-0.15, -0.1) is 0 Å². The third kappa shape index (κ3) is 5.17. The molecule has 0 aromatic carbocycles. The van der Waals surface area contributed by atoms with Crippen molar-refractivity contribution in [1.82, 2.24) is 10.6 Å². The van der Waals surface area contributed by atoms with E-state index in [0.29, 0.717) is 12.6 Å². The summed E-state index contributed by atoms with van der Waals surface area (Å²) in [5.41, 5.74) is 0. The predicted octanol–water partition coefficient (Wildman–Crippen LogP) is 1.68. The van der Waals surface area contributed by atoms with Crippen LogP contribution in [0.4, 0.5) is 0 Å². The monoisotopic (exact) mass is 212 g/mol. The Hall–Kier alpha value is -0.570. The number of carbonyl (C=O) groups excluding carboxylic acids is 1. The van der Waals surface area contributed by atoms with Crippen molar-refractivity contribution in [3.05, 3.63) is 0 Å². The van der Waals surface area contributed by atoms with Crippen LogP contribution in [0.5, 0.6) is 0 Å². The van der Waals surface area contributed by atoms with Gasteiger partial charge >= 0.3 is 0 Å². The highest BCUT2D eigenvalue weighted by molar-refractivity contribution is 5.77. The molecule has 1 aliphatic carbocycles. The summed E-state index contributed by atoms with van der Waals surface area (Å²) in [7, 11) is 0. The van der Waals surface area contributed by atoms with Gasteiger partial charge in [0.2, 0.25) is 5.91 Å². The van der Waals surface area contributed by atoms with Gasteiger partial charge in [-0.2, -0.15) is 0 Å². The molecule has 0 saturated heterocycles. The molecule has 3 heteroatoms. The third-order valence-electron chi connectivity index (χ3n) is 3.10. The summed E-state index contributed by atoms with van der Waals surface area (Å²) in [6.07, 6.45) is 5.96. The number of carbonyl (C=O) groups is 1. The van der Waals surface area contributed by atoms with E-state index in [1.807, 2.05) is 0 Å². The molecule has 2 unspecified atom stereocenters. The van der Waals surface area contributed by atoms with Crippen molar-refractivity contribution in [2.75, 3.05) is 13.1 Å². The van der Waals surface area contributed by atoms with E-state index in [1.54, 1.807) is 0 Å². The second kappa shape index (κ2) is 6.83. The van der Waals surface area contributed by atoms with Crippen molar-refractivity contribution in [3.63, 3.8) is 0 Å². The minimum absolute atomic E-state index is 0.142. The summed E-state index contributed by atoms with van der Waals surface area (Å²) < 4.78 is 0. The minimum atomic E-state index is 0.142. The third-order valence-corrected chi connectivity index (χ3v) is 3.10. The van der Waals surface area contributed by atoms with E-state index in [0.717, 1.165) is 25.3 Å². The van der Waals surface area contributed by atoms with Gasteiger partial charge in [0.1, 0.15) is 0 Å². The highest BCUT2D eigenvalue weighted by Gasteiger charge is 2.20. The standard InChI is InChI=1S/C12H24N2O/c1-3-4-7-13-12(15)9-14-11-6-5-10(2)8-11/h10-11,14H,3-9H2,1-2H3,(H,13,15). The second-order valence-electron chi connectivity index (χ2n) is 4.70. The fraction of sp³-hybridized carbons (Fsp3) is 0.917. The van der Waals surface area contributed by atoms with Crippen molar-refractivity contribution in [2.24, 2.45) is 5.92 Å². The molecule has 0 spiro atoms. The number of amides is 1. The maximum Gasteiger partial charge on any atom is 0.233 e. The Bertz CT molecular complexity index is 194. The number of hydrogen-bond acceptors (Lipinski definition) is 2. The van der Waals surface area contributed by atoms with E-state index in [2.05, 4.69) is 24.5 Å². The number of hydrogen-bond donors (Lipinski definition) is 2. The van der Waals surface area contributed by atoms with Gasteiger partial charge in [0, 0.05) is 12.6 Å². The quantitative estimate of drug-likeness (QED) is 0.658. The molecule has 2 N–H and O–H groups in total. The number of nitrogens with one attached hydrogen (secondary N) is 2. The lowest BCUT2D eigenvalue weighted by atomic mass is 10.1. The van der Waals surface area contributed by atoms with Crippen molar-refractivity contribution in [3.8, 4) is 0 Å². The van der Waals surface area contributed by atoms with Gasteiger partial charge in [-0.1, -0.05) is 20.3 Å². The Kier molecular flexibility index (Phi) is 5.69.